The molecule has 0 spiro atoms. The molecule has 4 saturated carbocycles. The number of aliphatic carboxylic acids is 1. The van der Waals surface area contributed by atoms with Crippen LogP contribution in [0.4, 0.5) is 0 Å². The third-order valence-corrected chi connectivity index (χ3v) is 4.87. The zero-order valence-electron chi connectivity index (χ0n) is 30.3. The number of unbranched alkanes of at least 4 members (excludes halogenated alkanes) is 1. The summed E-state index contributed by atoms with van der Waals surface area (Å²) in [5, 5.41) is 15.1. The van der Waals surface area contributed by atoms with Crippen LogP contribution in [-0.2, 0) is 11.3 Å². The van der Waals surface area contributed by atoms with Crippen molar-refractivity contribution in [1.82, 2.24) is 15.1 Å². The van der Waals surface area contributed by atoms with Crippen molar-refractivity contribution in [3.63, 3.8) is 0 Å². The van der Waals surface area contributed by atoms with Crippen molar-refractivity contribution >= 4 is 22.8 Å². The molecule has 1 amide bonds. The Morgan fingerprint density at radius 3 is 2.48 bits per heavy atom. The van der Waals surface area contributed by atoms with Gasteiger partial charge in [0.15, 0.2) is 5.69 Å². The summed E-state index contributed by atoms with van der Waals surface area (Å²) in [4.78, 5) is 24.9. The highest BCUT2D eigenvalue weighted by Crippen LogP contribution is 2.55. The molecule has 2 N–H and O–H groups in total. The van der Waals surface area contributed by atoms with Crippen LogP contribution >= 0.6 is 0 Å². The van der Waals surface area contributed by atoms with Crippen LogP contribution in [0.2, 0.25) is 0 Å². The van der Waals surface area contributed by atoms with Gasteiger partial charge in [-0.1, -0.05) is 18.2 Å². The number of carbonyl (C=O) groups is 2. The van der Waals surface area contributed by atoms with Crippen molar-refractivity contribution in [3.8, 4) is 0 Å². The molecular formula is C23H29N3O3. The molecule has 4 fully saturated rings. The van der Waals surface area contributed by atoms with E-state index in [1.807, 2.05) is 5.32 Å². The number of rotatable bonds is 7. The molecule has 6 heteroatoms. The number of aromatic nitrogens is 2. The molecule has 1 aromatic carbocycles. The van der Waals surface area contributed by atoms with Gasteiger partial charge in [0.25, 0.3) is 5.91 Å². The lowest BCUT2D eigenvalue weighted by Gasteiger charge is -2.56. The van der Waals surface area contributed by atoms with Gasteiger partial charge in [0, 0.05) is 44.5 Å². The molecule has 154 valence electrons. The second-order valence-corrected chi connectivity index (χ2v) is 7.02. The van der Waals surface area contributed by atoms with E-state index in [9.17, 15) is 9.59 Å². The number of aryl methyl sites for hydroxylation is 1. The van der Waals surface area contributed by atoms with E-state index in [0.717, 1.165) is 0 Å². The van der Waals surface area contributed by atoms with E-state index in [1.165, 1.54) is 16.8 Å². The highest BCUT2D eigenvalue weighted by atomic mass is 16.4. The zero-order valence-corrected chi connectivity index (χ0v) is 15.3. The molecule has 1 heterocycles. The number of benzene rings is 1. The lowest BCUT2D eigenvalue weighted by atomic mass is 9.53. The van der Waals surface area contributed by atoms with Crippen LogP contribution in [0.5, 0.6) is 0 Å². The molecule has 0 unspecified atom stereocenters. The molecule has 4 bridgehead atoms. The van der Waals surface area contributed by atoms with Gasteiger partial charge in [-0.15, -0.1) is 0 Å². The number of hydrogen-bond donors (Lipinski definition) is 2. The molecular weight excluding hydrogens is 366 g/mol. The largest absolute Gasteiger partial charge is 0.481 e. The van der Waals surface area contributed by atoms with Gasteiger partial charge in [-0.2, -0.15) is 5.10 Å². The number of nitrogens with one attached hydrogen (secondary N) is 1. The molecule has 6 nitrogen and oxygen atoms in total. The Labute approximate surface area is 191 Å². The summed E-state index contributed by atoms with van der Waals surface area (Å²) in [6, 6.07) is 6.07. The SMILES string of the molecule is [2H]C1([2H])C2([2H])C([2H])([2H])C3([2H])C([2H])([2H])C1([2H])C([2H])([2H])C(NC(=O)c1nn(CCCCC(=O)O)c4ccccc14)(C2([2H])[2H])C3([2H])[2H]. The third-order valence-electron chi connectivity index (χ3n) is 4.87. The summed E-state index contributed by atoms with van der Waals surface area (Å²) in [6.07, 6.45) is -23.8. The predicted octanol–water partition coefficient (Wildman–Crippen LogP) is 3.99. The van der Waals surface area contributed by atoms with Crippen LogP contribution in [0.3, 0.4) is 0 Å². The third kappa shape index (κ3) is 3.53. The highest BCUT2D eigenvalue weighted by Gasteiger charge is 2.51. The average molecular weight is 411 g/mol. The van der Waals surface area contributed by atoms with Gasteiger partial charge in [-0.25, -0.2) is 0 Å². The molecule has 0 atom stereocenters. The van der Waals surface area contributed by atoms with E-state index in [4.69, 9.17) is 25.7 Å². The molecule has 0 aliphatic heterocycles. The molecule has 6 rings (SSSR count). The minimum Gasteiger partial charge on any atom is -0.481 e. The molecule has 1 aromatic heterocycles. The van der Waals surface area contributed by atoms with Gasteiger partial charge in [-0.3, -0.25) is 14.3 Å². The van der Waals surface area contributed by atoms with Gasteiger partial charge in [-0.05, 0) is 74.8 Å². The topological polar surface area (TPSA) is 84.2 Å². The average Bonchev–Trinajstić information content (AvgIpc) is 3.28. The lowest BCUT2D eigenvalue weighted by molar-refractivity contribution is -0.137. The van der Waals surface area contributed by atoms with E-state index in [2.05, 4.69) is 5.10 Å². The summed E-state index contributed by atoms with van der Waals surface area (Å²) < 4.78 is 133. The van der Waals surface area contributed by atoms with Gasteiger partial charge in [0.05, 0.1) is 5.52 Å². The minimum absolute atomic E-state index is 0.108. The smallest absolute Gasteiger partial charge is 0.303 e. The second kappa shape index (κ2) is 7.15. The quantitative estimate of drug-likeness (QED) is 0.676. The first-order valence-corrected chi connectivity index (χ1v) is 9.28. The van der Waals surface area contributed by atoms with Gasteiger partial charge in [0.1, 0.15) is 0 Å². The Balaban J connectivity index is 1.74. The summed E-state index contributed by atoms with van der Waals surface area (Å²) in [7, 11) is 0. The number of hydrogen-bond acceptors (Lipinski definition) is 3. The van der Waals surface area contributed by atoms with Crippen molar-refractivity contribution in [3.05, 3.63) is 30.0 Å². The van der Waals surface area contributed by atoms with Crippen molar-refractivity contribution in [2.45, 2.75) is 69.6 Å². The minimum atomic E-state index is -4.05. The van der Waals surface area contributed by atoms with Crippen molar-refractivity contribution in [1.29, 1.82) is 0 Å². The molecule has 4 aliphatic carbocycles. The van der Waals surface area contributed by atoms with E-state index in [-0.39, 0.29) is 24.8 Å². The van der Waals surface area contributed by atoms with Crippen molar-refractivity contribution in [2.24, 2.45) is 17.7 Å². The first-order valence-electron chi connectivity index (χ1n) is 16.8. The van der Waals surface area contributed by atoms with Crippen molar-refractivity contribution in [2.75, 3.05) is 0 Å². The zero-order chi connectivity index (χ0) is 33.5. The summed E-state index contributed by atoms with van der Waals surface area (Å²) in [5.74, 6) is -14.4. The van der Waals surface area contributed by atoms with Crippen LogP contribution in [0.1, 0.15) is 88.5 Å². The number of carbonyl (C=O) groups excluding carboxylic acids is 1. The van der Waals surface area contributed by atoms with E-state index in [1.54, 1.807) is 12.1 Å². The molecule has 0 radical (unpaired) electrons. The van der Waals surface area contributed by atoms with Crippen LogP contribution in [0.15, 0.2) is 24.3 Å². The number of fused-ring (bicyclic) bond motifs is 1. The van der Waals surface area contributed by atoms with E-state index < -0.39 is 79.0 Å². The van der Waals surface area contributed by atoms with E-state index in [0.29, 0.717) is 11.9 Å². The van der Waals surface area contributed by atoms with Crippen molar-refractivity contribution < 1.29 is 35.3 Å². The predicted molar refractivity (Wildman–Crippen MR) is 110 cm³/mol. The van der Waals surface area contributed by atoms with Gasteiger partial charge >= 0.3 is 5.97 Å². The lowest BCUT2D eigenvalue weighted by Crippen LogP contribution is -2.59. The second-order valence-electron chi connectivity index (χ2n) is 7.02. The Hall–Kier alpha value is -2.37. The van der Waals surface area contributed by atoms with Crippen LogP contribution in [0.25, 0.3) is 10.9 Å². The summed E-state index contributed by atoms with van der Waals surface area (Å²) >= 11 is 0. The van der Waals surface area contributed by atoms with Gasteiger partial charge < -0.3 is 10.4 Å². The first kappa shape index (κ1) is 8.40. The number of carboxylic acid groups (broad SMARTS) is 1. The Morgan fingerprint density at radius 1 is 1.17 bits per heavy atom. The Kier molecular flexibility index (Phi) is 2.07. The van der Waals surface area contributed by atoms with Crippen LogP contribution in [-0.4, -0.2) is 32.3 Å². The Morgan fingerprint density at radius 2 is 1.83 bits per heavy atom. The number of nitrogens with zero attached hydrogens (tertiary/aromatic N) is 2. The van der Waals surface area contributed by atoms with Crippen LogP contribution in [0, 0.1) is 17.7 Å². The molecule has 0 saturated heterocycles. The molecule has 2 aromatic rings. The summed E-state index contributed by atoms with van der Waals surface area (Å²) in [6.45, 7) is 0.108. The van der Waals surface area contributed by atoms with Crippen LogP contribution < -0.4 is 5.32 Å². The normalized spacial score (nSPS) is 55.7. The maximum Gasteiger partial charge on any atom is 0.303 e. The standard InChI is InChI=1S/C23H29N3O3/c27-20(28)7-3-4-8-26-19-6-2-1-5-18(19)21(25-26)22(29)24-23-12-15-9-16(13-23)11-17(10-15)14-23/h1-2,5-6,15-17H,3-4,7-14H2,(H,24,29)(H,27,28)/i9D2,10D2,11D2,12D2,13D2,14D2,15D,16D,17D. The van der Waals surface area contributed by atoms with E-state index >= 15 is 0 Å². The maximum atomic E-state index is 14.0. The fourth-order valence-corrected chi connectivity index (χ4v) is 3.64. The maximum absolute atomic E-state index is 14.0. The molecule has 29 heavy (non-hydrogen) atoms. The number of amides is 1. The fraction of sp³-hybridized carbons (Fsp3) is 0.609. The molecule has 4 aliphatic rings. The first-order chi connectivity index (χ1) is 19.8. The monoisotopic (exact) mass is 410 g/mol. The number of para-hydroxylation sites is 1. The van der Waals surface area contributed by atoms with Gasteiger partial charge in [0.2, 0.25) is 0 Å². The number of carboxylic acids is 1. The summed E-state index contributed by atoms with van der Waals surface area (Å²) in [5.41, 5.74) is -4.05. The Bertz CT molecular complexity index is 1480. The fourth-order valence-electron chi connectivity index (χ4n) is 3.64. The highest BCUT2D eigenvalue weighted by molar-refractivity contribution is 6.05.